The number of aromatic amines is 1. The van der Waals surface area contributed by atoms with Gasteiger partial charge in [-0.05, 0) is 43.3 Å². The molecule has 0 unspecified atom stereocenters. The molecule has 1 aromatic carbocycles. The van der Waals surface area contributed by atoms with Gasteiger partial charge in [-0.2, -0.15) is 0 Å². The molecule has 0 radical (unpaired) electrons. The van der Waals surface area contributed by atoms with E-state index in [4.69, 9.17) is 4.74 Å². The van der Waals surface area contributed by atoms with E-state index < -0.39 is 11.2 Å². The van der Waals surface area contributed by atoms with E-state index in [1.54, 1.807) is 43.6 Å². The molecule has 9 nitrogen and oxygen atoms in total. The van der Waals surface area contributed by atoms with Gasteiger partial charge in [0.2, 0.25) is 17.0 Å². The molecule has 2 aromatic heterocycles. The Balaban J connectivity index is 1.47. The molecule has 3 heterocycles. The van der Waals surface area contributed by atoms with Gasteiger partial charge < -0.3 is 4.74 Å². The van der Waals surface area contributed by atoms with Crippen LogP contribution in [0.5, 0.6) is 0 Å². The molecule has 4 rings (SSSR count). The lowest BCUT2D eigenvalue weighted by atomic mass is 10.2. The molecule has 2 amide bonds. The van der Waals surface area contributed by atoms with Crippen LogP contribution in [0.2, 0.25) is 0 Å². The number of nitrogens with zero attached hydrogens (tertiary/aromatic N) is 4. The van der Waals surface area contributed by atoms with E-state index in [9.17, 15) is 14.4 Å². The number of hydrogen-bond donors (Lipinski definition) is 1. The summed E-state index contributed by atoms with van der Waals surface area (Å²) in [4.78, 5) is 46.6. The number of rotatable bonds is 6. The highest BCUT2D eigenvalue weighted by molar-refractivity contribution is 8.00. The highest BCUT2D eigenvalue weighted by Crippen LogP contribution is 2.33. The minimum absolute atomic E-state index is 0.0439. The Labute approximate surface area is 175 Å². The highest BCUT2D eigenvalue weighted by Gasteiger charge is 2.40. The minimum Gasteiger partial charge on any atom is -0.462 e. The fourth-order valence-corrected chi connectivity index (χ4v) is 3.92. The van der Waals surface area contributed by atoms with Crippen LogP contribution in [0.1, 0.15) is 23.7 Å². The Morgan fingerprint density at radius 3 is 2.63 bits per heavy atom. The second-order valence-corrected chi connectivity index (χ2v) is 7.52. The van der Waals surface area contributed by atoms with Gasteiger partial charge in [-0.15, -0.1) is 5.10 Å². The number of aromatic nitrogens is 4. The molecule has 0 spiro atoms. The van der Waals surface area contributed by atoms with Crippen molar-refractivity contribution in [2.24, 2.45) is 0 Å². The lowest BCUT2D eigenvalue weighted by Crippen LogP contribution is -2.31. The lowest BCUT2D eigenvalue weighted by Gasteiger charge is -2.15. The van der Waals surface area contributed by atoms with Crippen molar-refractivity contribution >= 4 is 35.2 Å². The molecule has 1 fully saturated rings. The van der Waals surface area contributed by atoms with Crippen LogP contribution in [0.25, 0.3) is 11.4 Å². The van der Waals surface area contributed by atoms with Crippen molar-refractivity contribution in [2.45, 2.75) is 23.8 Å². The number of esters is 1. The fraction of sp³-hybridized carbons (Fsp3) is 0.200. The van der Waals surface area contributed by atoms with Gasteiger partial charge in [-0.25, -0.2) is 14.7 Å². The number of benzene rings is 1. The molecule has 0 saturated carbocycles. The van der Waals surface area contributed by atoms with Crippen molar-refractivity contribution in [1.29, 1.82) is 0 Å². The van der Waals surface area contributed by atoms with E-state index >= 15 is 0 Å². The number of amides is 2. The summed E-state index contributed by atoms with van der Waals surface area (Å²) in [5.41, 5.74) is 1.59. The summed E-state index contributed by atoms with van der Waals surface area (Å²) in [5, 5.41) is 6.72. The number of pyridine rings is 1. The minimum atomic E-state index is -0.622. The molecule has 30 heavy (non-hydrogen) atoms. The molecule has 1 saturated heterocycles. The predicted octanol–water partition coefficient (Wildman–Crippen LogP) is 2.47. The van der Waals surface area contributed by atoms with Crippen molar-refractivity contribution < 1.29 is 19.1 Å². The Bertz CT molecular complexity index is 1080. The second kappa shape index (κ2) is 8.46. The molecule has 3 aromatic rings. The van der Waals surface area contributed by atoms with E-state index in [0.717, 1.165) is 22.2 Å². The monoisotopic (exact) mass is 423 g/mol. The van der Waals surface area contributed by atoms with E-state index in [1.165, 1.54) is 12.1 Å². The van der Waals surface area contributed by atoms with Gasteiger partial charge in [0, 0.05) is 24.4 Å². The Kier molecular flexibility index (Phi) is 5.57. The van der Waals surface area contributed by atoms with Crippen LogP contribution in [0.3, 0.4) is 0 Å². The van der Waals surface area contributed by atoms with Crippen molar-refractivity contribution in [3.63, 3.8) is 0 Å². The number of anilines is 1. The van der Waals surface area contributed by atoms with Crippen LogP contribution >= 0.6 is 11.8 Å². The summed E-state index contributed by atoms with van der Waals surface area (Å²) in [7, 11) is 0. The average molecular weight is 423 g/mol. The molecule has 1 atom stereocenters. The summed E-state index contributed by atoms with van der Waals surface area (Å²) in [6.45, 7) is 1.99. The smallest absolute Gasteiger partial charge is 0.338 e. The molecular weight excluding hydrogens is 406 g/mol. The molecule has 0 bridgehead atoms. The van der Waals surface area contributed by atoms with Crippen LogP contribution in [0.4, 0.5) is 5.69 Å². The maximum absolute atomic E-state index is 12.8. The van der Waals surface area contributed by atoms with Crippen LogP contribution in [-0.4, -0.2) is 49.8 Å². The van der Waals surface area contributed by atoms with Gasteiger partial charge in [0.25, 0.3) is 0 Å². The van der Waals surface area contributed by atoms with Gasteiger partial charge in [-0.1, -0.05) is 11.8 Å². The van der Waals surface area contributed by atoms with Crippen molar-refractivity contribution in [2.75, 3.05) is 11.5 Å². The predicted molar refractivity (Wildman–Crippen MR) is 109 cm³/mol. The summed E-state index contributed by atoms with van der Waals surface area (Å²) in [5.74, 6) is -0.551. The van der Waals surface area contributed by atoms with Crippen LogP contribution in [0, 0.1) is 0 Å². The molecule has 1 N–H and O–H groups in total. The zero-order chi connectivity index (χ0) is 21.1. The number of carbonyl (C=O) groups excluding carboxylic acids is 3. The first kappa shape index (κ1) is 19.8. The summed E-state index contributed by atoms with van der Waals surface area (Å²) in [6.07, 6.45) is 3.34. The molecule has 10 heteroatoms. The number of hydrogen-bond acceptors (Lipinski definition) is 8. The molecule has 152 valence electrons. The fourth-order valence-electron chi connectivity index (χ4n) is 2.99. The van der Waals surface area contributed by atoms with Crippen LogP contribution < -0.4 is 4.90 Å². The van der Waals surface area contributed by atoms with E-state index in [1.807, 2.05) is 0 Å². The molecule has 1 aliphatic heterocycles. The zero-order valence-corrected chi connectivity index (χ0v) is 16.8. The Morgan fingerprint density at radius 1 is 1.20 bits per heavy atom. The number of thioether (sulfide) groups is 1. The summed E-state index contributed by atoms with van der Waals surface area (Å²) >= 11 is 1.14. The maximum Gasteiger partial charge on any atom is 0.338 e. The zero-order valence-electron chi connectivity index (χ0n) is 15.9. The number of imide groups is 1. The quantitative estimate of drug-likeness (QED) is 0.474. The third-order valence-electron chi connectivity index (χ3n) is 4.41. The maximum atomic E-state index is 12.8. The van der Waals surface area contributed by atoms with Gasteiger partial charge in [-0.3, -0.25) is 19.7 Å². The lowest BCUT2D eigenvalue weighted by molar-refractivity contribution is -0.121. The number of carbonyl (C=O) groups is 3. The van der Waals surface area contributed by atoms with Gasteiger partial charge in [0.1, 0.15) is 5.25 Å². The third kappa shape index (κ3) is 3.94. The largest absolute Gasteiger partial charge is 0.462 e. The van der Waals surface area contributed by atoms with Crippen LogP contribution in [0.15, 0.2) is 53.9 Å². The molecular formula is C20H17N5O4S. The normalized spacial score (nSPS) is 16.2. The highest BCUT2D eigenvalue weighted by atomic mass is 32.2. The first-order chi connectivity index (χ1) is 14.6. The summed E-state index contributed by atoms with van der Waals surface area (Å²) < 4.78 is 4.94. The van der Waals surface area contributed by atoms with E-state index in [2.05, 4.69) is 20.2 Å². The van der Waals surface area contributed by atoms with Gasteiger partial charge in [0.15, 0.2) is 5.82 Å². The van der Waals surface area contributed by atoms with Gasteiger partial charge in [0.05, 0.1) is 17.9 Å². The van der Waals surface area contributed by atoms with Crippen molar-refractivity contribution in [1.82, 2.24) is 20.2 Å². The third-order valence-corrected chi connectivity index (χ3v) is 5.45. The van der Waals surface area contributed by atoms with Crippen molar-refractivity contribution in [3.8, 4) is 11.4 Å². The Morgan fingerprint density at radius 2 is 1.93 bits per heavy atom. The van der Waals surface area contributed by atoms with Crippen molar-refractivity contribution in [3.05, 3.63) is 54.4 Å². The first-order valence-corrected chi connectivity index (χ1v) is 10.1. The first-order valence-electron chi connectivity index (χ1n) is 9.20. The standard InChI is InChI=1S/C20H17N5O4S/c1-2-29-19(28)13-3-5-14(6-4-13)25-16(26)11-15(18(25)27)30-20-22-17(23-24-20)12-7-9-21-10-8-12/h3-10,15H,2,11H2,1H3,(H,22,23,24)/t15-/m1/s1. The topological polar surface area (TPSA) is 118 Å². The Hall–Kier alpha value is -3.53. The van der Waals surface area contributed by atoms with Crippen LogP contribution in [-0.2, 0) is 14.3 Å². The van der Waals surface area contributed by atoms with E-state index in [-0.39, 0.29) is 24.8 Å². The molecule has 0 aliphatic carbocycles. The van der Waals surface area contributed by atoms with E-state index in [0.29, 0.717) is 22.2 Å². The summed E-state index contributed by atoms with van der Waals surface area (Å²) in [6, 6.07) is 9.77. The molecule has 1 aliphatic rings. The second-order valence-electron chi connectivity index (χ2n) is 6.35. The average Bonchev–Trinajstić information content (AvgIpc) is 3.33. The number of nitrogens with one attached hydrogen (secondary N) is 1. The SMILES string of the molecule is CCOC(=O)c1ccc(N2C(=O)C[C@@H](Sc3n[nH]c(-c4ccncc4)n3)C2=O)cc1. The number of ether oxygens (including phenoxy) is 1. The van der Waals surface area contributed by atoms with Gasteiger partial charge >= 0.3 is 5.97 Å². The number of H-pyrrole nitrogens is 1.